The number of halogens is 1. The first-order valence-corrected chi connectivity index (χ1v) is 4.56. The summed E-state index contributed by atoms with van der Waals surface area (Å²) >= 11 is 9.86. The van der Waals surface area contributed by atoms with Crippen LogP contribution in [0.4, 0.5) is 0 Å². The molecule has 3 heteroatoms. The van der Waals surface area contributed by atoms with Gasteiger partial charge in [-0.05, 0) is 18.1 Å². The van der Waals surface area contributed by atoms with Crippen molar-refractivity contribution in [2.45, 2.75) is 6.42 Å². The fraction of sp³-hybridized carbons (Fsp3) is 0.222. The highest BCUT2D eigenvalue weighted by Gasteiger charge is 1.93. The maximum Gasteiger partial charge on any atom is 0.131 e. The molecule has 62 valence electrons. The average molecular weight is 198 g/mol. The lowest BCUT2D eigenvalue weighted by molar-refractivity contribution is 1.27. The smallest absolute Gasteiger partial charge is 0.131 e. The summed E-state index contributed by atoms with van der Waals surface area (Å²) in [4.78, 5) is 4.02. The zero-order valence-electron chi connectivity index (χ0n) is 6.42. The van der Waals surface area contributed by atoms with Gasteiger partial charge in [0.25, 0.3) is 0 Å². The molecule has 0 aromatic carbocycles. The van der Waals surface area contributed by atoms with Gasteiger partial charge in [0.2, 0.25) is 0 Å². The standard InChI is InChI=1S/C9H8ClNS/c10-8-4-3-6-11-9(8)5-1-2-7-12/h3-4,6,12H,2,7H2. The molecule has 0 amide bonds. The molecule has 0 spiro atoms. The number of hydrogen-bond donors (Lipinski definition) is 1. The molecule has 0 N–H and O–H groups in total. The van der Waals surface area contributed by atoms with E-state index in [-0.39, 0.29) is 0 Å². The Morgan fingerprint density at radius 3 is 3.08 bits per heavy atom. The third-order valence-electron chi connectivity index (χ3n) is 1.20. The zero-order valence-corrected chi connectivity index (χ0v) is 8.07. The number of aromatic nitrogens is 1. The van der Waals surface area contributed by atoms with E-state index in [0.717, 1.165) is 12.2 Å². The Labute approximate surface area is 82.6 Å². The zero-order chi connectivity index (χ0) is 8.81. The Hall–Kier alpha value is -0.650. The van der Waals surface area contributed by atoms with E-state index in [2.05, 4.69) is 29.5 Å². The average Bonchev–Trinajstić information content (AvgIpc) is 2.09. The van der Waals surface area contributed by atoms with E-state index in [1.54, 1.807) is 18.3 Å². The lowest BCUT2D eigenvalue weighted by atomic mass is 10.3. The fourth-order valence-electron chi connectivity index (χ4n) is 0.680. The van der Waals surface area contributed by atoms with Gasteiger partial charge < -0.3 is 0 Å². The van der Waals surface area contributed by atoms with Crippen LogP contribution in [0.15, 0.2) is 18.3 Å². The van der Waals surface area contributed by atoms with E-state index in [0.29, 0.717) is 10.7 Å². The van der Waals surface area contributed by atoms with Gasteiger partial charge in [-0.25, -0.2) is 4.98 Å². The summed E-state index contributed by atoms with van der Waals surface area (Å²) in [6, 6.07) is 3.56. The van der Waals surface area contributed by atoms with E-state index < -0.39 is 0 Å². The molecule has 0 saturated heterocycles. The van der Waals surface area contributed by atoms with E-state index >= 15 is 0 Å². The summed E-state index contributed by atoms with van der Waals surface area (Å²) in [5.74, 6) is 6.55. The lowest BCUT2D eigenvalue weighted by Crippen LogP contribution is -1.81. The van der Waals surface area contributed by atoms with Gasteiger partial charge in [-0.15, -0.1) is 0 Å². The molecule has 0 radical (unpaired) electrons. The molecule has 12 heavy (non-hydrogen) atoms. The molecule has 1 aromatic rings. The molecule has 0 atom stereocenters. The van der Waals surface area contributed by atoms with Crippen molar-refractivity contribution < 1.29 is 0 Å². The highest BCUT2D eigenvalue weighted by Crippen LogP contribution is 2.09. The van der Waals surface area contributed by atoms with Gasteiger partial charge in [0.05, 0.1) is 5.02 Å². The molecular formula is C9H8ClNS. The van der Waals surface area contributed by atoms with Crippen LogP contribution in [0.1, 0.15) is 12.1 Å². The normalized spacial score (nSPS) is 8.83. The minimum Gasteiger partial charge on any atom is -0.246 e. The molecule has 0 bridgehead atoms. The van der Waals surface area contributed by atoms with Gasteiger partial charge in [0.1, 0.15) is 5.69 Å². The molecule has 0 aliphatic rings. The van der Waals surface area contributed by atoms with Crippen molar-refractivity contribution in [2.75, 3.05) is 5.75 Å². The van der Waals surface area contributed by atoms with Crippen LogP contribution in [-0.4, -0.2) is 10.7 Å². The van der Waals surface area contributed by atoms with Gasteiger partial charge in [-0.2, -0.15) is 12.6 Å². The Kier molecular flexibility index (Phi) is 3.99. The van der Waals surface area contributed by atoms with E-state index in [9.17, 15) is 0 Å². The summed E-state index contributed by atoms with van der Waals surface area (Å²) in [5, 5.41) is 0.601. The first-order chi connectivity index (χ1) is 5.84. The quantitative estimate of drug-likeness (QED) is 0.539. The highest BCUT2D eigenvalue weighted by atomic mass is 35.5. The molecule has 0 fully saturated rings. The predicted molar refractivity (Wildman–Crippen MR) is 54.6 cm³/mol. The monoisotopic (exact) mass is 197 g/mol. The number of thiol groups is 1. The minimum absolute atomic E-state index is 0.601. The molecule has 0 aliphatic carbocycles. The van der Waals surface area contributed by atoms with Crippen molar-refractivity contribution in [3.8, 4) is 11.8 Å². The number of nitrogens with zero attached hydrogens (tertiary/aromatic N) is 1. The fourth-order valence-corrected chi connectivity index (χ4v) is 0.960. The third-order valence-corrected chi connectivity index (χ3v) is 1.73. The van der Waals surface area contributed by atoms with Crippen LogP contribution in [0, 0.1) is 11.8 Å². The van der Waals surface area contributed by atoms with Crippen molar-refractivity contribution in [2.24, 2.45) is 0 Å². The maximum absolute atomic E-state index is 5.82. The van der Waals surface area contributed by atoms with Crippen LogP contribution in [-0.2, 0) is 0 Å². The second-order valence-corrected chi connectivity index (χ2v) is 2.96. The molecule has 0 aliphatic heterocycles. The van der Waals surface area contributed by atoms with Crippen molar-refractivity contribution in [1.82, 2.24) is 4.98 Å². The first-order valence-electron chi connectivity index (χ1n) is 3.55. The van der Waals surface area contributed by atoms with Crippen LogP contribution in [0.5, 0.6) is 0 Å². The van der Waals surface area contributed by atoms with Gasteiger partial charge in [0, 0.05) is 18.4 Å². The number of rotatable bonds is 1. The second kappa shape index (κ2) is 5.08. The molecule has 0 unspecified atom stereocenters. The minimum atomic E-state index is 0.601. The van der Waals surface area contributed by atoms with Crippen LogP contribution in [0.2, 0.25) is 5.02 Å². The summed E-state index contributed by atoms with van der Waals surface area (Å²) in [6.45, 7) is 0. The summed E-state index contributed by atoms with van der Waals surface area (Å²) < 4.78 is 0. The van der Waals surface area contributed by atoms with Gasteiger partial charge >= 0.3 is 0 Å². The molecule has 1 nitrogen and oxygen atoms in total. The van der Waals surface area contributed by atoms with E-state index in [1.165, 1.54) is 0 Å². The van der Waals surface area contributed by atoms with Crippen molar-refractivity contribution in [3.63, 3.8) is 0 Å². The van der Waals surface area contributed by atoms with Crippen molar-refractivity contribution >= 4 is 24.2 Å². The maximum atomic E-state index is 5.82. The van der Waals surface area contributed by atoms with E-state index in [4.69, 9.17) is 11.6 Å². The van der Waals surface area contributed by atoms with Gasteiger partial charge in [-0.1, -0.05) is 17.5 Å². The summed E-state index contributed by atoms with van der Waals surface area (Å²) in [7, 11) is 0. The Morgan fingerprint density at radius 2 is 2.42 bits per heavy atom. The third kappa shape index (κ3) is 2.77. The summed E-state index contributed by atoms with van der Waals surface area (Å²) in [5.41, 5.74) is 0.640. The molecule has 1 aromatic heterocycles. The largest absolute Gasteiger partial charge is 0.246 e. The van der Waals surface area contributed by atoms with Crippen LogP contribution >= 0.6 is 24.2 Å². The molecule has 0 saturated carbocycles. The highest BCUT2D eigenvalue weighted by molar-refractivity contribution is 7.80. The van der Waals surface area contributed by atoms with Crippen molar-refractivity contribution in [1.29, 1.82) is 0 Å². The first kappa shape index (κ1) is 9.44. The lowest BCUT2D eigenvalue weighted by Gasteiger charge is -1.90. The molecular weight excluding hydrogens is 190 g/mol. The van der Waals surface area contributed by atoms with E-state index in [1.807, 2.05) is 0 Å². The van der Waals surface area contributed by atoms with Gasteiger partial charge in [0.15, 0.2) is 0 Å². The van der Waals surface area contributed by atoms with Gasteiger partial charge in [-0.3, -0.25) is 0 Å². The SMILES string of the molecule is SCCC#Cc1ncccc1Cl. The molecule has 1 rings (SSSR count). The number of pyridine rings is 1. The van der Waals surface area contributed by atoms with Crippen LogP contribution in [0.25, 0.3) is 0 Å². The topological polar surface area (TPSA) is 12.9 Å². The molecule has 1 heterocycles. The van der Waals surface area contributed by atoms with Crippen LogP contribution in [0.3, 0.4) is 0 Å². The Balaban J connectivity index is 2.77. The van der Waals surface area contributed by atoms with Crippen molar-refractivity contribution in [3.05, 3.63) is 29.0 Å². The Bertz CT molecular complexity index is 314. The number of hydrogen-bond acceptors (Lipinski definition) is 2. The Morgan fingerprint density at radius 1 is 1.58 bits per heavy atom. The second-order valence-electron chi connectivity index (χ2n) is 2.11. The summed E-state index contributed by atoms with van der Waals surface area (Å²) in [6.07, 6.45) is 2.44. The van der Waals surface area contributed by atoms with Crippen LogP contribution < -0.4 is 0 Å². The predicted octanol–water partition coefficient (Wildman–Crippen LogP) is 2.41.